The molecule has 0 N–H and O–H groups in total. The quantitative estimate of drug-likeness (QED) is 0.632. The highest BCUT2D eigenvalue weighted by molar-refractivity contribution is 6.33. The van der Waals surface area contributed by atoms with Crippen LogP contribution in [0.2, 0.25) is 5.02 Å². The van der Waals surface area contributed by atoms with Crippen molar-refractivity contribution in [3.05, 3.63) is 33.8 Å². The molecule has 0 saturated carbocycles. The Bertz CT molecular complexity index is 431. The fourth-order valence-corrected chi connectivity index (χ4v) is 1.89. The molecular formula is C10H6ClNO. The molecule has 0 radical (unpaired) electrons. The van der Waals surface area contributed by atoms with E-state index in [4.69, 9.17) is 16.9 Å². The van der Waals surface area contributed by atoms with Gasteiger partial charge >= 0.3 is 0 Å². The summed E-state index contributed by atoms with van der Waals surface area (Å²) in [7, 11) is 0. The molecule has 0 heterocycles. The van der Waals surface area contributed by atoms with Crippen LogP contribution in [0.1, 0.15) is 27.9 Å². The number of carbonyl (C=O) groups is 1. The van der Waals surface area contributed by atoms with Gasteiger partial charge in [-0.1, -0.05) is 11.6 Å². The molecule has 1 aliphatic carbocycles. The van der Waals surface area contributed by atoms with E-state index in [1.165, 1.54) is 0 Å². The first-order valence-corrected chi connectivity index (χ1v) is 4.36. The molecule has 0 amide bonds. The highest BCUT2D eigenvalue weighted by atomic mass is 35.5. The van der Waals surface area contributed by atoms with Gasteiger partial charge in [0.15, 0.2) is 5.78 Å². The standard InChI is InChI=1S/C10H6ClNO/c11-10-6(5-12)1-2-7-8(10)3-4-9(7)13/h1-2H,3-4H2. The van der Waals surface area contributed by atoms with E-state index in [-0.39, 0.29) is 5.78 Å². The van der Waals surface area contributed by atoms with Gasteiger partial charge in [0.05, 0.1) is 10.6 Å². The van der Waals surface area contributed by atoms with E-state index in [0.29, 0.717) is 29.0 Å². The normalized spacial score (nSPS) is 14.0. The second-order valence-corrected chi connectivity index (χ2v) is 3.37. The van der Waals surface area contributed by atoms with E-state index in [0.717, 1.165) is 5.56 Å². The highest BCUT2D eigenvalue weighted by Gasteiger charge is 2.22. The van der Waals surface area contributed by atoms with Crippen LogP contribution in [0.5, 0.6) is 0 Å². The van der Waals surface area contributed by atoms with Gasteiger partial charge in [-0.15, -0.1) is 0 Å². The molecule has 0 atom stereocenters. The van der Waals surface area contributed by atoms with Crippen molar-refractivity contribution in [1.29, 1.82) is 5.26 Å². The second kappa shape index (κ2) is 2.86. The zero-order valence-electron chi connectivity index (χ0n) is 6.80. The van der Waals surface area contributed by atoms with Crippen molar-refractivity contribution < 1.29 is 4.79 Å². The Morgan fingerprint density at radius 1 is 1.38 bits per heavy atom. The van der Waals surface area contributed by atoms with E-state index in [1.807, 2.05) is 6.07 Å². The third-order valence-electron chi connectivity index (χ3n) is 2.27. The highest BCUT2D eigenvalue weighted by Crippen LogP contribution is 2.30. The van der Waals surface area contributed by atoms with Crippen molar-refractivity contribution in [1.82, 2.24) is 0 Å². The van der Waals surface area contributed by atoms with Crippen LogP contribution in [0.15, 0.2) is 12.1 Å². The maximum Gasteiger partial charge on any atom is 0.163 e. The number of rotatable bonds is 0. The Kier molecular flexibility index (Phi) is 1.82. The lowest BCUT2D eigenvalue weighted by molar-refractivity contribution is 0.0994. The van der Waals surface area contributed by atoms with E-state index in [2.05, 4.69) is 0 Å². The predicted octanol–water partition coefficient (Wildman–Crippen LogP) is 2.34. The van der Waals surface area contributed by atoms with Crippen molar-refractivity contribution in [3.8, 4) is 6.07 Å². The Hall–Kier alpha value is -1.33. The van der Waals surface area contributed by atoms with Gasteiger partial charge in [0.25, 0.3) is 0 Å². The summed E-state index contributed by atoms with van der Waals surface area (Å²) in [5.41, 5.74) is 1.98. The van der Waals surface area contributed by atoms with Crippen LogP contribution in [0.4, 0.5) is 0 Å². The van der Waals surface area contributed by atoms with Gasteiger partial charge in [0, 0.05) is 12.0 Å². The fourth-order valence-electron chi connectivity index (χ4n) is 1.59. The Morgan fingerprint density at radius 2 is 2.15 bits per heavy atom. The van der Waals surface area contributed by atoms with E-state index in [9.17, 15) is 4.79 Å². The van der Waals surface area contributed by atoms with Gasteiger partial charge in [-0.05, 0) is 24.1 Å². The molecule has 3 heteroatoms. The minimum absolute atomic E-state index is 0.126. The third-order valence-corrected chi connectivity index (χ3v) is 2.70. The van der Waals surface area contributed by atoms with E-state index in [1.54, 1.807) is 12.1 Å². The lowest BCUT2D eigenvalue weighted by atomic mass is 10.1. The summed E-state index contributed by atoms with van der Waals surface area (Å²) in [6, 6.07) is 5.29. The lowest BCUT2D eigenvalue weighted by Crippen LogP contribution is -1.92. The first kappa shape index (κ1) is 8.28. The number of ketones is 1. The molecule has 0 aliphatic heterocycles. The van der Waals surface area contributed by atoms with Crippen LogP contribution < -0.4 is 0 Å². The van der Waals surface area contributed by atoms with Gasteiger partial charge in [-0.2, -0.15) is 5.26 Å². The molecule has 1 aromatic carbocycles. The number of Topliss-reactive ketones (excluding diaryl/α,β-unsaturated/α-hetero) is 1. The molecule has 0 bridgehead atoms. The summed E-state index contributed by atoms with van der Waals surface area (Å²) in [6.07, 6.45) is 1.19. The van der Waals surface area contributed by atoms with Gasteiger partial charge in [-0.3, -0.25) is 4.79 Å². The van der Waals surface area contributed by atoms with Crippen LogP contribution in [0, 0.1) is 11.3 Å². The van der Waals surface area contributed by atoms with Crippen molar-refractivity contribution >= 4 is 17.4 Å². The molecule has 2 nitrogen and oxygen atoms in total. The topological polar surface area (TPSA) is 40.9 Å². The van der Waals surface area contributed by atoms with Crippen molar-refractivity contribution in [2.75, 3.05) is 0 Å². The van der Waals surface area contributed by atoms with E-state index >= 15 is 0 Å². The van der Waals surface area contributed by atoms with Crippen LogP contribution in [-0.2, 0) is 6.42 Å². The first-order chi connectivity index (χ1) is 6.24. The average Bonchev–Trinajstić information content (AvgIpc) is 2.50. The summed E-state index contributed by atoms with van der Waals surface area (Å²) in [6.45, 7) is 0. The van der Waals surface area contributed by atoms with Gasteiger partial charge in [-0.25, -0.2) is 0 Å². The summed E-state index contributed by atoms with van der Waals surface area (Å²) < 4.78 is 0. The Balaban J connectivity index is 2.68. The zero-order valence-corrected chi connectivity index (χ0v) is 7.56. The number of carbonyl (C=O) groups excluding carboxylic acids is 1. The second-order valence-electron chi connectivity index (χ2n) is 2.99. The minimum atomic E-state index is 0.126. The summed E-state index contributed by atoms with van der Waals surface area (Å²) in [5.74, 6) is 0.126. The number of halogens is 1. The smallest absolute Gasteiger partial charge is 0.163 e. The third kappa shape index (κ3) is 1.13. The predicted molar refractivity (Wildman–Crippen MR) is 48.8 cm³/mol. The number of nitriles is 1. The SMILES string of the molecule is N#Cc1ccc2c(c1Cl)CCC2=O. The molecule has 1 aromatic rings. The monoisotopic (exact) mass is 191 g/mol. The van der Waals surface area contributed by atoms with Crippen LogP contribution in [0.25, 0.3) is 0 Å². The maximum atomic E-state index is 11.3. The number of nitrogens with zero attached hydrogens (tertiary/aromatic N) is 1. The molecule has 64 valence electrons. The summed E-state index contributed by atoms with van der Waals surface area (Å²) in [5, 5.41) is 9.15. The molecule has 0 saturated heterocycles. The number of hydrogen-bond acceptors (Lipinski definition) is 2. The molecule has 0 unspecified atom stereocenters. The molecule has 0 spiro atoms. The van der Waals surface area contributed by atoms with Crippen LogP contribution in [-0.4, -0.2) is 5.78 Å². The van der Waals surface area contributed by atoms with Crippen LogP contribution >= 0.6 is 11.6 Å². The zero-order chi connectivity index (χ0) is 9.42. The Morgan fingerprint density at radius 3 is 2.85 bits per heavy atom. The molecule has 0 fully saturated rings. The number of benzene rings is 1. The molecule has 1 aliphatic rings. The summed E-state index contributed by atoms with van der Waals surface area (Å²) in [4.78, 5) is 11.3. The van der Waals surface area contributed by atoms with Gasteiger partial charge in [0.1, 0.15) is 6.07 Å². The van der Waals surface area contributed by atoms with Gasteiger partial charge < -0.3 is 0 Å². The molecule has 2 rings (SSSR count). The molecule has 0 aromatic heterocycles. The average molecular weight is 192 g/mol. The van der Waals surface area contributed by atoms with Crippen molar-refractivity contribution in [3.63, 3.8) is 0 Å². The molecule has 13 heavy (non-hydrogen) atoms. The first-order valence-electron chi connectivity index (χ1n) is 3.98. The van der Waals surface area contributed by atoms with Crippen LogP contribution in [0.3, 0.4) is 0 Å². The number of hydrogen-bond donors (Lipinski definition) is 0. The van der Waals surface area contributed by atoms with E-state index < -0.39 is 0 Å². The van der Waals surface area contributed by atoms with Crippen molar-refractivity contribution in [2.45, 2.75) is 12.8 Å². The lowest BCUT2D eigenvalue weighted by Gasteiger charge is -2.01. The van der Waals surface area contributed by atoms with Gasteiger partial charge in [0.2, 0.25) is 0 Å². The van der Waals surface area contributed by atoms with Crippen molar-refractivity contribution in [2.24, 2.45) is 0 Å². The maximum absolute atomic E-state index is 11.3. The Labute approximate surface area is 80.7 Å². The fraction of sp³-hybridized carbons (Fsp3) is 0.200. The number of fused-ring (bicyclic) bond motifs is 1. The minimum Gasteiger partial charge on any atom is -0.294 e. The largest absolute Gasteiger partial charge is 0.294 e. The summed E-state index contributed by atoms with van der Waals surface area (Å²) >= 11 is 5.94. The molecular weight excluding hydrogens is 186 g/mol.